The van der Waals surface area contributed by atoms with Gasteiger partial charge in [-0.1, -0.05) is 6.07 Å². The molecule has 19 heavy (non-hydrogen) atoms. The summed E-state index contributed by atoms with van der Waals surface area (Å²) in [5.41, 5.74) is 0.891. The molecule has 0 saturated heterocycles. The van der Waals surface area contributed by atoms with E-state index < -0.39 is 0 Å². The van der Waals surface area contributed by atoms with Crippen LogP contribution in [0.4, 0.5) is 15.9 Å². The Morgan fingerprint density at radius 2 is 2.16 bits per heavy atom. The van der Waals surface area contributed by atoms with Crippen LogP contribution in [0.15, 0.2) is 42.6 Å². The summed E-state index contributed by atoms with van der Waals surface area (Å²) >= 11 is 0. The molecule has 1 aromatic heterocycles. The van der Waals surface area contributed by atoms with Gasteiger partial charge >= 0.3 is 0 Å². The molecule has 0 unspecified atom stereocenters. The highest BCUT2D eigenvalue weighted by Crippen LogP contribution is 2.12. The number of pyridine rings is 1. The fourth-order valence-electron chi connectivity index (χ4n) is 1.62. The summed E-state index contributed by atoms with van der Waals surface area (Å²) in [5, 5.41) is 5.66. The van der Waals surface area contributed by atoms with Crippen LogP contribution in [0.25, 0.3) is 0 Å². The molecule has 0 atom stereocenters. The van der Waals surface area contributed by atoms with E-state index in [0.717, 1.165) is 6.54 Å². The molecule has 1 heterocycles. The highest BCUT2D eigenvalue weighted by molar-refractivity contribution is 6.04. The monoisotopic (exact) mass is 259 g/mol. The molecule has 98 valence electrons. The molecule has 0 aliphatic rings. The number of halogens is 1. The lowest BCUT2D eigenvalue weighted by Crippen LogP contribution is -2.12. The maximum atomic E-state index is 13.0. The summed E-state index contributed by atoms with van der Waals surface area (Å²) in [7, 11) is 0. The molecule has 0 spiro atoms. The van der Waals surface area contributed by atoms with E-state index in [1.807, 2.05) is 6.92 Å². The maximum Gasteiger partial charge on any atom is 0.255 e. The molecule has 0 aliphatic carbocycles. The van der Waals surface area contributed by atoms with Gasteiger partial charge in [-0.05, 0) is 37.3 Å². The quantitative estimate of drug-likeness (QED) is 0.887. The van der Waals surface area contributed by atoms with Crippen LogP contribution < -0.4 is 10.6 Å². The smallest absolute Gasteiger partial charge is 0.255 e. The minimum atomic E-state index is -0.388. The third-order valence-corrected chi connectivity index (χ3v) is 2.46. The largest absolute Gasteiger partial charge is 0.370 e. The Morgan fingerprint density at radius 1 is 1.32 bits per heavy atom. The van der Waals surface area contributed by atoms with Crippen molar-refractivity contribution < 1.29 is 9.18 Å². The normalized spacial score (nSPS) is 10.0. The standard InChI is InChI=1S/C14H14FN3O/c1-2-16-13-8-10(6-7-17-13)14(19)18-12-5-3-4-11(15)9-12/h3-9H,2H2,1H3,(H,16,17)(H,18,19). The molecule has 0 fully saturated rings. The van der Waals surface area contributed by atoms with Crippen molar-refractivity contribution in [3.05, 3.63) is 54.0 Å². The Hall–Kier alpha value is -2.43. The van der Waals surface area contributed by atoms with E-state index in [9.17, 15) is 9.18 Å². The van der Waals surface area contributed by atoms with Crippen molar-refractivity contribution in [1.82, 2.24) is 4.98 Å². The second kappa shape index (κ2) is 5.95. The summed E-state index contributed by atoms with van der Waals surface area (Å²) in [6, 6.07) is 9.03. The molecule has 2 rings (SSSR count). The van der Waals surface area contributed by atoms with E-state index in [4.69, 9.17) is 0 Å². The number of aromatic nitrogens is 1. The molecule has 4 nitrogen and oxygen atoms in total. The summed E-state index contributed by atoms with van der Waals surface area (Å²) in [4.78, 5) is 16.1. The lowest BCUT2D eigenvalue weighted by atomic mass is 10.2. The number of amides is 1. The van der Waals surface area contributed by atoms with Gasteiger partial charge < -0.3 is 10.6 Å². The molecule has 0 saturated carbocycles. The first-order chi connectivity index (χ1) is 9.19. The Bertz CT molecular complexity index is 586. The number of nitrogens with one attached hydrogen (secondary N) is 2. The van der Waals surface area contributed by atoms with Crippen LogP contribution in [0.5, 0.6) is 0 Å². The number of hydrogen-bond donors (Lipinski definition) is 2. The van der Waals surface area contributed by atoms with Crippen molar-refractivity contribution in [3.63, 3.8) is 0 Å². The van der Waals surface area contributed by atoms with Crippen molar-refractivity contribution in [2.75, 3.05) is 17.2 Å². The highest BCUT2D eigenvalue weighted by atomic mass is 19.1. The van der Waals surface area contributed by atoms with E-state index in [1.165, 1.54) is 12.1 Å². The van der Waals surface area contributed by atoms with Gasteiger partial charge in [0.25, 0.3) is 5.91 Å². The van der Waals surface area contributed by atoms with Crippen molar-refractivity contribution in [2.24, 2.45) is 0 Å². The van der Waals surface area contributed by atoms with Crippen molar-refractivity contribution >= 4 is 17.4 Å². The van der Waals surface area contributed by atoms with Crippen LogP contribution in [0, 0.1) is 5.82 Å². The first kappa shape index (κ1) is 13.0. The number of hydrogen-bond acceptors (Lipinski definition) is 3. The maximum absolute atomic E-state index is 13.0. The summed E-state index contributed by atoms with van der Waals surface area (Å²) in [5.74, 6) is -0.0533. The van der Waals surface area contributed by atoms with E-state index in [1.54, 1.807) is 30.5 Å². The molecule has 0 bridgehead atoms. The van der Waals surface area contributed by atoms with Crippen molar-refractivity contribution in [1.29, 1.82) is 0 Å². The zero-order valence-electron chi connectivity index (χ0n) is 10.5. The molecule has 1 amide bonds. The first-order valence-electron chi connectivity index (χ1n) is 5.96. The fourth-order valence-corrected chi connectivity index (χ4v) is 1.62. The number of carbonyl (C=O) groups excluding carboxylic acids is 1. The molecule has 2 N–H and O–H groups in total. The summed E-state index contributed by atoms with van der Waals surface area (Å²) in [6.07, 6.45) is 1.55. The Labute approximate surface area is 110 Å². The molecular formula is C14H14FN3O. The van der Waals surface area contributed by atoms with Crippen LogP contribution in [0.3, 0.4) is 0 Å². The van der Waals surface area contributed by atoms with Crippen LogP contribution in [0.2, 0.25) is 0 Å². The van der Waals surface area contributed by atoms with Gasteiger partial charge in [0, 0.05) is 24.0 Å². The number of anilines is 2. The van der Waals surface area contributed by atoms with Gasteiger partial charge in [-0.2, -0.15) is 0 Å². The molecule has 0 radical (unpaired) electrons. The second-order valence-electron chi connectivity index (χ2n) is 3.92. The summed E-state index contributed by atoms with van der Waals surface area (Å²) in [6.45, 7) is 2.67. The van der Waals surface area contributed by atoms with Crippen LogP contribution >= 0.6 is 0 Å². The molecule has 0 aliphatic heterocycles. The third-order valence-electron chi connectivity index (χ3n) is 2.46. The average molecular weight is 259 g/mol. The molecule has 5 heteroatoms. The van der Waals surface area contributed by atoms with Gasteiger partial charge in [-0.25, -0.2) is 9.37 Å². The van der Waals surface area contributed by atoms with Gasteiger partial charge in [0.05, 0.1) is 0 Å². The topological polar surface area (TPSA) is 54.0 Å². The molecule has 1 aromatic carbocycles. The first-order valence-corrected chi connectivity index (χ1v) is 5.96. The average Bonchev–Trinajstić information content (AvgIpc) is 2.39. The minimum Gasteiger partial charge on any atom is -0.370 e. The Kier molecular flexibility index (Phi) is 4.07. The molecule has 2 aromatic rings. The SMILES string of the molecule is CCNc1cc(C(=O)Nc2cccc(F)c2)ccn1. The Morgan fingerprint density at radius 3 is 2.89 bits per heavy atom. The van der Waals surface area contributed by atoms with E-state index in [2.05, 4.69) is 15.6 Å². The van der Waals surface area contributed by atoms with Gasteiger partial charge in [-0.3, -0.25) is 4.79 Å². The minimum absolute atomic E-state index is 0.299. The lowest BCUT2D eigenvalue weighted by molar-refractivity contribution is 0.102. The van der Waals surface area contributed by atoms with E-state index >= 15 is 0 Å². The predicted octanol–water partition coefficient (Wildman–Crippen LogP) is 2.90. The number of rotatable bonds is 4. The van der Waals surface area contributed by atoms with E-state index in [0.29, 0.717) is 17.1 Å². The van der Waals surface area contributed by atoms with Gasteiger partial charge in [0.2, 0.25) is 0 Å². The zero-order chi connectivity index (χ0) is 13.7. The zero-order valence-corrected chi connectivity index (χ0v) is 10.5. The van der Waals surface area contributed by atoms with Gasteiger partial charge in [0.1, 0.15) is 11.6 Å². The fraction of sp³-hybridized carbons (Fsp3) is 0.143. The second-order valence-corrected chi connectivity index (χ2v) is 3.92. The molecular weight excluding hydrogens is 245 g/mol. The van der Waals surface area contributed by atoms with Crippen molar-refractivity contribution in [2.45, 2.75) is 6.92 Å². The number of carbonyl (C=O) groups is 1. The van der Waals surface area contributed by atoms with Crippen LogP contribution in [-0.2, 0) is 0 Å². The number of benzene rings is 1. The van der Waals surface area contributed by atoms with Crippen LogP contribution in [-0.4, -0.2) is 17.4 Å². The third kappa shape index (κ3) is 3.51. The van der Waals surface area contributed by atoms with Crippen LogP contribution in [0.1, 0.15) is 17.3 Å². The lowest BCUT2D eigenvalue weighted by Gasteiger charge is -2.07. The van der Waals surface area contributed by atoms with Gasteiger partial charge in [-0.15, -0.1) is 0 Å². The van der Waals surface area contributed by atoms with Crippen molar-refractivity contribution in [3.8, 4) is 0 Å². The number of nitrogens with zero attached hydrogens (tertiary/aromatic N) is 1. The highest BCUT2D eigenvalue weighted by Gasteiger charge is 2.07. The van der Waals surface area contributed by atoms with Gasteiger partial charge in [0.15, 0.2) is 0 Å². The Balaban J connectivity index is 2.13. The predicted molar refractivity (Wildman–Crippen MR) is 72.8 cm³/mol. The van der Waals surface area contributed by atoms with E-state index in [-0.39, 0.29) is 11.7 Å². The summed E-state index contributed by atoms with van der Waals surface area (Å²) < 4.78 is 13.0.